The van der Waals surface area contributed by atoms with Gasteiger partial charge in [0.2, 0.25) is 0 Å². The number of nitrogen functional groups attached to an aromatic ring is 1. The molecule has 0 radical (unpaired) electrons. The standard InChI is InChI=1S/C15H10ClNO3/c16-9-4-2-1-3-8(9)13-7-12(19)14-11(18)6-5-10(17)15(14)20-13/h1-7,18H,17H2. The molecule has 4 nitrogen and oxygen atoms in total. The number of halogens is 1. The monoisotopic (exact) mass is 287 g/mol. The number of aromatic hydroxyl groups is 1. The van der Waals surface area contributed by atoms with Gasteiger partial charge in [0.1, 0.15) is 16.9 Å². The SMILES string of the molecule is Nc1ccc(O)c2c(=O)cc(-c3ccccc3Cl)oc12. The lowest BCUT2D eigenvalue weighted by Gasteiger charge is -2.07. The first-order valence-corrected chi connectivity index (χ1v) is 6.26. The van der Waals surface area contributed by atoms with E-state index < -0.39 is 0 Å². The minimum Gasteiger partial charge on any atom is -0.507 e. The average molecular weight is 288 g/mol. The van der Waals surface area contributed by atoms with Crippen molar-refractivity contribution in [2.24, 2.45) is 0 Å². The largest absolute Gasteiger partial charge is 0.507 e. The van der Waals surface area contributed by atoms with Crippen LogP contribution < -0.4 is 11.2 Å². The van der Waals surface area contributed by atoms with Gasteiger partial charge in [-0.1, -0.05) is 23.7 Å². The van der Waals surface area contributed by atoms with E-state index in [2.05, 4.69) is 0 Å². The number of rotatable bonds is 1. The molecule has 100 valence electrons. The fraction of sp³-hybridized carbons (Fsp3) is 0. The van der Waals surface area contributed by atoms with Crippen LogP contribution in [0.4, 0.5) is 5.69 Å². The van der Waals surface area contributed by atoms with E-state index in [-0.39, 0.29) is 27.8 Å². The van der Waals surface area contributed by atoms with Gasteiger partial charge in [0, 0.05) is 11.6 Å². The predicted molar refractivity (Wildman–Crippen MR) is 79.0 cm³/mol. The number of phenolic OH excluding ortho intramolecular Hbond substituents is 1. The highest BCUT2D eigenvalue weighted by atomic mass is 35.5. The third-order valence-electron chi connectivity index (χ3n) is 3.03. The summed E-state index contributed by atoms with van der Waals surface area (Å²) in [6.07, 6.45) is 0. The number of fused-ring (bicyclic) bond motifs is 1. The van der Waals surface area contributed by atoms with Crippen LogP contribution in [0.5, 0.6) is 5.75 Å². The fourth-order valence-corrected chi connectivity index (χ4v) is 2.29. The number of anilines is 1. The Kier molecular flexibility index (Phi) is 2.88. The van der Waals surface area contributed by atoms with Crippen molar-refractivity contribution in [3.05, 3.63) is 57.7 Å². The molecule has 0 aliphatic rings. The summed E-state index contributed by atoms with van der Waals surface area (Å²) < 4.78 is 5.65. The molecule has 1 aromatic heterocycles. The Labute approximate surface area is 119 Å². The van der Waals surface area contributed by atoms with Gasteiger partial charge in [-0.15, -0.1) is 0 Å². The second kappa shape index (κ2) is 4.58. The third-order valence-corrected chi connectivity index (χ3v) is 3.36. The van der Waals surface area contributed by atoms with Crippen molar-refractivity contribution < 1.29 is 9.52 Å². The van der Waals surface area contributed by atoms with Gasteiger partial charge in [-0.3, -0.25) is 4.79 Å². The minimum atomic E-state index is -0.369. The molecule has 0 saturated heterocycles. The molecule has 3 N–H and O–H groups in total. The first-order chi connectivity index (χ1) is 9.58. The lowest BCUT2D eigenvalue weighted by atomic mass is 10.1. The molecule has 0 fully saturated rings. The maximum absolute atomic E-state index is 12.1. The first-order valence-electron chi connectivity index (χ1n) is 5.88. The number of nitrogens with two attached hydrogens (primary N) is 1. The lowest BCUT2D eigenvalue weighted by Crippen LogP contribution is -2.02. The van der Waals surface area contributed by atoms with Gasteiger partial charge in [-0.2, -0.15) is 0 Å². The van der Waals surface area contributed by atoms with Crippen LogP contribution >= 0.6 is 11.6 Å². The molecule has 0 atom stereocenters. The quantitative estimate of drug-likeness (QED) is 0.531. The van der Waals surface area contributed by atoms with Crippen molar-refractivity contribution in [1.82, 2.24) is 0 Å². The van der Waals surface area contributed by atoms with E-state index in [0.29, 0.717) is 16.3 Å². The van der Waals surface area contributed by atoms with Crippen LogP contribution in [0.3, 0.4) is 0 Å². The molecule has 5 heteroatoms. The molecule has 0 spiro atoms. The predicted octanol–water partition coefficient (Wildman–Crippen LogP) is 3.40. The van der Waals surface area contributed by atoms with Gasteiger partial charge in [0.05, 0.1) is 10.7 Å². The van der Waals surface area contributed by atoms with Crippen LogP contribution in [0.15, 0.2) is 51.7 Å². The first kappa shape index (κ1) is 12.6. The van der Waals surface area contributed by atoms with Crippen molar-refractivity contribution in [2.75, 3.05) is 5.73 Å². The topological polar surface area (TPSA) is 76.5 Å². The van der Waals surface area contributed by atoms with Crippen molar-refractivity contribution in [3.8, 4) is 17.1 Å². The van der Waals surface area contributed by atoms with Crippen molar-refractivity contribution in [1.29, 1.82) is 0 Å². The second-order valence-electron chi connectivity index (χ2n) is 4.33. The summed E-state index contributed by atoms with van der Waals surface area (Å²) in [7, 11) is 0. The Morgan fingerprint density at radius 3 is 2.65 bits per heavy atom. The molecule has 1 heterocycles. The average Bonchev–Trinajstić information content (AvgIpc) is 2.43. The summed E-state index contributed by atoms with van der Waals surface area (Å²) in [4.78, 5) is 12.1. The molecule has 0 amide bonds. The number of phenols is 1. The van der Waals surface area contributed by atoms with E-state index >= 15 is 0 Å². The van der Waals surface area contributed by atoms with Crippen LogP contribution in [0.2, 0.25) is 5.02 Å². The maximum Gasteiger partial charge on any atom is 0.197 e. The van der Waals surface area contributed by atoms with E-state index in [1.165, 1.54) is 18.2 Å². The fourth-order valence-electron chi connectivity index (χ4n) is 2.06. The molecule has 3 rings (SSSR count). The van der Waals surface area contributed by atoms with Gasteiger partial charge in [0.25, 0.3) is 0 Å². The van der Waals surface area contributed by atoms with Gasteiger partial charge in [-0.05, 0) is 24.3 Å². The molecule has 0 unspecified atom stereocenters. The summed E-state index contributed by atoms with van der Waals surface area (Å²) in [5.74, 6) is 0.152. The summed E-state index contributed by atoms with van der Waals surface area (Å²) in [5.41, 5.74) is 6.47. The number of benzene rings is 2. The summed E-state index contributed by atoms with van der Waals surface area (Å²) in [6, 6.07) is 11.2. The van der Waals surface area contributed by atoms with E-state index in [1.54, 1.807) is 24.3 Å². The molecule has 3 aromatic rings. The highest BCUT2D eigenvalue weighted by molar-refractivity contribution is 6.33. The Morgan fingerprint density at radius 2 is 1.90 bits per heavy atom. The van der Waals surface area contributed by atoms with Crippen molar-refractivity contribution in [2.45, 2.75) is 0 Å². The summed E-state index contributed by atoms with van der Waals surface area (Å²) in [6.45, 7) is 0. The number of hydrogen-bond donors (Lipinski definition) is 2. The van der Waals surface area contributed by atoms with Gasteiger partial charge < -0.3 is 15.3 Å². The van der Waals surface area contributed by atoms with Crippen LogP contribution in [0.25, 0.3) is 22.3 Å². The zero-order valence-electron chi connectivity index (χ0n) is 10.3. The maximum atomic E-state index is 12.1. The molecule has 0 aliphatic carbocycles. The summed E-state index contributed by atoms with van der Waals surface area (Å²) >= 11 is 6.09. The molecular formula is C15H10ClNO3. The lowest BCUT2D eigenvalue weighted by molar-refractivity contribution is 0.480. The van der Waals surface area contributed by atoms with Gasteiger partial charge in [-0.25, -0.2) is 0 Å². The van der Waals surface area contributed by atoms with Crippen LogP contribution in [0.1, 0.15) is 0 Å². The van der Waals surface area contributed by atoms with E-state index in [9.17, 15) is 9.90 Å². The van der Waals surface area contributed by atoms with Gasteiger partial charge >= 0.3 is 0 Å². The molecule has 0 bridgehead atoms. The third kappa shape index (κ3) is 1.90. The highest BCUT2D eigenvalue weighted by Gasteiger charge is 2.14. The van der Waals surface area contributed by atoms with Crippen LogP contribution in [-0.2, 0) is 0 Å². The Morgan fingerprint density at radius 1 is 1.15 bits per heavy atom. The minimum absolute atomic E-state index is 0.0702. The molecule has 0 aliphatic heterocycles. The van der Waals surface area contributed by atoms with E-state index in [4.69, 9.17) is 21.8 Å². The molecule has 20 heavy (non-hydrogen) atoms. The van der Waals surface area contributed by atoms with E-state index in [1.807, 2.05) is 0 Å². The Bertz CT molecular complexity index is 871. The van der Waals surface area contributed by atoms with Crippen LogP contribution in [0, 0.1) is 0 Å². The molecule has 0 saturated carbocycles. The highest BCUT2D eigenvalue weighted by Crippen LogP contribution is 2.32. The zero-order valence-corrected chi connectivity index (χ0v) is 11.0. The number of hydrogen-bond acceptors (Lipinski definition) is 4. The van der Waals surface area contributed by atoms with Gasteiger partial charge in [0.15, 0.2) is 11.0 Å². The zero-order chi connectivity index (χ0) is 14.3. The van der Waals surface area contributed by atoms with Crippen molar-refractivity contribution >= 4 is 28.3 Å². The van der Waals surface area contributed by atoms with Crippen molar-refractivity contribution in [3.63, 3.8) is 0 Å². The summed E-state index contributed by atoms with van der Waals surface area (Å²) in [5, 5.41) is 10.3. The van der Waals surface area contributed by atoms with E-state index in [0.717, 1.165) is 0 Å². The Hall–Kier alpha value is -2.46. The van der Waals surface area contributed by atoms with Crippen LogP contribution in [-0.4, -0.2) is 5.11 Å². The normalized spacial score (nSPS) is 10.8. The molecular weight excluding hydrogens is 278 g/mol. The second-order valence-corrected chi connectivity index (χ2v) is 4.74. The smallest absolute Gasteiger partial charge is 0.197 e. The Balaban J connectivity index is 2.39. The molecule has 2 aromatic carbocycles.